The van der Waals surface area contributed by atoms with Crippen LogP contribution in [0.5, 0.6) is 0 Å². The summed E-state index contributed by atoms with van der Waals surface area (Å²) in [6.07, 6.45) is 2.62. The maximum absolute atomic E-state index is 12.8. The maximum Gasteiger partial charge on any atom is 0.341 e. The van der Waals surface area contributed by atoms with Crippen LogP contribution in [0, 0.1) is 12.8 Å². The molecular formula is C19H23NO4S2. The molecule has 7 heteroatoms. The zero-order valence-electron chi connectivity index (χ0n) is 15.2. The highest BCUT2D eigenvalue weighted by molar-refractivity contribution is 7.93. The Kier molecular flexibility index (Phi) is 5.39. The number of carbonyl (C=O) groups is 1. The van der Waals surface area contributed by atoms with Crippen molar-refractivity contribution in [1.82, 2.24) is 0 Å². The Balaban J connectivity index is 2.01. The van der Waals surface area contributed by atoms with Crippen molar-refractivity contribution < 1.29 is 17.9 Å². The van der Waals surface area contributed by atoms with Crippen LogP contribution in [0.25, 0.3) is 0 Å². The number of sulfonamides is 1. The SMILES string of the molecule is CCOC(=O)c1c(NS(=O)(=O)c2ccc(C)cc2)sc2c1CCC(C)C2. The smallest absolute Gasteiger partial charge is 0.341 e. The summed E-state index contributed by atoms with van der Waals surface area (Å²) >= 11 is 1.35. The van der Waals surface area contributed by atoms with Gasteiger partial charge in [-0.25, -0.2) is 13.2 Å². The lowest BCUT2D eigenvalue weighted by Crippen LogP contribution is -2.17. The number of benzene rings is 1. The van der Waals surface area contributed by atoms with E-state index in [1.54, 1.807) is 31.2 Å². The summed E-state index contributed by atoms with van der Waals surface area (Å²) in [5.74, 6) is 0.0684. The molecule has 1 aliphatic carbocycles. The Morgan fingerprint density at radius 3 is 2.65 bits per heavy atom. The second kappa shape index (κ2) is 7.40. The van der Waals surface area contributed by atoms with Crippen LogP contribution in [0.4, 0.5) is 5.00 Å². The van der Waals surface area contributed by atoms with Gasteiger partial charge in [-0.15, -0.1) is 11.3 Å². The summed E-state index contributed by atoms with van der Waals surface area (Å²) in [6.45, 7) is 6.07. The minimum Gasteiger partial charge on any atom is -0.462 e. The molecule has 0 aliphatic heterocycles. The molecule has 2 aromatic rings. The number of ether oxygens (including phenoxy) is 1. The van der Waals surface area contributed by atoms with Gasteiger partial charge in [-0.3, -0.25) is 4.72 Å². The Labute approximate surface area is 158 Å². The summed E-state index contributed by atoms with van der Waals surface area (Å²) in [7, 11) is -3.76. The van der Waals surface area contributed by atoms with Crippen molar-refractivity contribution in [3.63, 3.8) is 0 Å². The van der Waals surface area contributed by atoms with E-state index in [0.29, 0.717) is 16.5 Å². The molecule has 0 amide bonds. The van der Waals surface area contributed by atoms with Crippen LogP contribution in [0.1, 0.15) is 46.6 Å². The first-order valence-corrected chi connectivity index (χ1v) is 11.0. The molecule has 0 bridgehead atoms. The molecule has 1 N–H and O–H groups in total. The van der Waals surface area contributed by atoms with Gasteiger partial charge < -0.3 is 4.74 Å². The molecule has 1 unspecified atom stereocenters. The first-order chi connectivity index (χ1) is 12.3. The van der Waals surface area contributed by atoms with Crippen molar-refractivity contribution in [2.75, 3.05) is 11.3 Å². The van der Waals surface area contributed by atoms with Crippen LogP contribution in [-0.4, -0.2) is 21.0 Å². The number of carbonyl (C=O) groups excluding carboxylic acids is 1. The maximum atomic E-state index is 12.8. The van der Waals surface area contributed by atoms with Crippen molar-refractivity contribution in [3.8, 4) is 0 Å². The molecule has 0 radical (unpaired) electrons. The summed E-state index contributed by atoms with van der Waals surface area (Å²) in [4.78, 5) is 13.8. The van der Waals surface area contributed by atoms with Crippen LogP contribution in [0.3, 0.4) is 0 Å². The van der Waals surface area contributed by atoms with Crippen LogP contribution in [0.15, 0.2) is 29.2 Å². The van der Waals surface area contributed by atoms with Crippen LogP contribution >= 0.6 is 11.3 Å². The molecule has 0 spiro atoms. The van der Waals surface area contributed by atoms with Gasteiger partial charge in [-0.05, 0) is 56.7 Å². The largest absolute Gasteiger partial charge is 0.462 e. The molecule has 140 valence electrons. The zero-order valence-corrected chi connectivity index (χ0v) is 16.8. The number of hydrogen-bond acceptors (Lipinski definition) is 5. The summed E-state index contributed by atoms with van der Waals surface area (Å²) in [5, 5.41) is 0.364. The average molecular weight is 394 g/mol. The van der Waals surface area contributed by atoms with E-state index in [1.165, 1.54) is 11.3 Å². The van der Waals surface area contributed by atoms with Gasteiger partial charge in [0.2, 0.25) is 0 Å². The Hall–Kier alpha value is -1.86. The lowest BCUT2D eigenvalue weighted by atomic mass is 9.88. The number of hydrogen-bond donors (Lipinski definition) is 1. The monoisotopic (exact) mass is 393 g/mol. The molecule has 1 atom stereocenters. The van der Waals surface area contributed by atoms with Gasteiger partial charge in [0.1, 0.15) is 5.00 Å². The Morgan fingerprint density at radius 2 is 2.00 bits per heavy atom. The number of nitrogens with one attached hydrogen (secondary N) is 1. The van der Waals surface area contributed by atoms with E-state index in [-0.39, 0.29) is 11.5 Å². The van der Waals surface area contributed by atoms with E-state index in [4.69, 9.17) is 4.74 Å². The third-order valence-electron chi connectivity index (χ3n) is 4.55. The highest BCUT2D eigenvalue weighted by atomic mass is 32.2. The topological polar surface area (TPSA) is 72.5 Å². The molecule has 1 aliphatic rings. The fourth-order valence-corrected chi connectivity index (χ4v) is 5.84. The Bertz CT molecular complexity index is 914. The van der Waals surface area contributed by atoms with Gasteiger partial charge in [0.25, 0.3) is 10.0 Å². The van der Waals surface area contributed by atoms with E-state index >= 15 is 0 Å². The van der Waals surface area contributed by atoms with Crippen molar-refractivity contribution in [2.45, 2.75) is 44.9 Å². The quantitative estimate of drug-likeness (QED) is 0.774. The first kappa shape index (κ1) is 18.9. The molecule has 1 aromatic heterocycles. The van der Waals surface area contributed by atoms with E-state index in [2.05, 4.69) is 11.6 Å². The zero-order chi connectivity index (χ0) is 18.9. The standard InChI is InChI=1S/C19H23NO4S2/c1-4-24-19(21)17-15-10-7-13(3)11-16(15)25-18(17)20-26(22,23)14-8-5-12(2)6-9-14/h5-6,8-9,13,20H,4,7,10-11H2,1-3H3. The van der Waals surface area contributed by atoms with Crippen molar-refractivity contribution in [2.24, 2.45) is 5.92 Å². The molecular weight excluding hydrogens is 370 g/mol. The van der Waals surface area contributed by atoms with Gasteiger partial charge in [-0.1, -0.05) is 24.6 Å². The van der Waals surface area contributed by atoms with Gasteiger partial charge in [-0.2, -0.15) is 0 Å². The third kappa shape index (κ3) is 3.78. The third-order valence-corrected chi connectivity index (χ3v) is 7.21. The molecule has 5 nitrogen and oxygen atoms in total. The fourth-order valence-electron chi connectivity index (χ4n) is 3.14. The van der Waals surface area contributed by atoms with Gasteiger partial charge in [0.15, 0.2) is 0 Å². The average Bonchev–Trinajstić information content (AvgIpc) is 2.91. The second-order valence-corrected chi connectivity index (χ2v) is 9.48. The summed E-state index contributed by atoms with van der Waals surface area (Å²) < 4.78 is 33.3. The second-order valence-electron chi connectivity index (χ2n) is 6.69. The lowest BCUT2D eigenvalue weighted by Gasteiger charge is -2.18. The van der Waals surface area contributed by atoms with E-state index in [9.17, 15) is 13.2 Å². The summed E-state index contributed by atoms with van der Waals surface area (Å²) in [6, 6.07) is 6.64. The van der Waals surface area contributed by atoms with Crippen molar-refractivity contribution in [1.29, 1.82) is 0 Å². The highest BCUT2D eigenvalue weighted by Crippen LogP contribution is 2.40. The van der Waals surface area contributed by atoms with E-state index in [0.717, 1.165) is 35.3 Å². The Morgan fingerprint density at radius 1 is 1.31 bits per heavy atom. The number of anilines is 1. The number of thiophene rings is 1. The molecule has 0 fully saturated rings. The lowest BCUT2D eigenvalue weighted by molar-refractivity contribution is 0.0526. The number of aryl methyl sites for hydroxylation is 1. The fraction of sp³-hybridized carbons (Fsp3) is 0.421. The molecule has 3 rings (SSSR count). The van der Waals surface area contributed by atoms with E-state index in [1.807, 2.05) is 6.92 Å². The van der Waals surface area contributed by atoms with Gasteiger partial charge in [0.05, 0.1) is 17.1 Å². The minimum absolute atomic E-state index is 0.178. The van der Waals surface area contributed by atoms with Gasteiger partial charge in [0, 0.05) is 4.88 Å². The van der Waals surface area contributed by atoms with Gasteiger partial charge >= 0.3 is 5.97 Å². The molecule has 0 saturated carbocycles. The van der Waals surface area contributed by atoms with E-state index < -0.39 is 16.0 Å². The molecule has 1 aromatic carbocycles. The predicted octanol–water partition coefficient (Wildman–Crippen LogP) is 4.16. The highest BCUT2D eigenvalue weighted by Gasteiger charge is 2.30. The first-order valence-electron chi connectivity index (χ1n) is 8.73. The van der Waals surface area contributed by atoms with Crippen LogP contribution in [0.2, 0.25) is 0 Å². The molecule has 1 heterocycles. The van der Waals surface area contributed by atoms with Crippen molar-refractivity contribution in [3.05, 3.63) is 45.8 Å². The minimum atomic E-state index is -3.76. The predicted molar refractivity (Wildman–Crippen MR) is 103 cm³/mol. The van der Waals surface area contributed by atoms with Crippen LogP contribution in [-0.2, 0) is 27.6 Å². The van der Waals surface area contributed by atoms with Crippen LogP contribution < -0.4 is 4.72 Å². The number of esters is 1. The van der Waals surface area contributed by atoms with Crippen molar-refractivity contribution >= 4 is 32.3 Å². The normalized spacial score (nSPS) is 16.8. The summed E-state index contributed by atoms with van der Waals surface area (Å²) in [5.41, 5.74) is 2.30. The number of fused-ring (bicyclic) bond motifs is 1. The molecule has 0 saturated heterocycles. The number of rotatable bonds is 5. The molecule has 26 heavy (non-hydrogen) atoms.